The molecule has 2 aromatic heterocycles. The number of carbonyl (C=O) groups is 1. The van der Waals surface area contributed by atoms with E-state index >= 15 is 0 Å². The number of rotatable bonds is 4. The Morgan fingerprint density at radius 1 is 1.35 bits per heavy atom. The van der Waals surface area contributed by atoms with Gasteiger partial charge in [-0.3, -0.25) is 9.78 Å². The van der Waals surface area contributed by atoms with Crippen LogP contribution in [0.2, 0.25) is 0 Å². The molecule has 0 fully saturated rings. The van der Waals surface area contributed by atoms with E-state index in [4.69, 9.17) is 9.26 Å². The lowest BCUT2D eigenvalue weighted by atomic mass is 10.1. The zero-order valence-corrected chi connectivity index (χ0v) is 13.2. The Kier molecular flexibility index (Phi) is 3.97. The topological polar surface area (TPSA) is 68.5 Å². The van der Waals surface area contributed by atoms with E-state index in [1.165, 1.54) is 0 Å². The Morgan fingerprint density at radius 2 is 2.17 bits per heavy atom. The number of carbonyl (C=O) groups excluding carboxylic acids is 1. The van der Waals surface area contributed by atoms with Gasteiger partial charge in [0.1, 0.15) is 11.3 Å². The molecule has 0 atom stereocenters. The molecule has 0 saturated carbocycles. The molecule has 0 unspecified atom stereocenters. The summed E-state index contributed by atoms with van der Waals surface area (Å²) in [6.45, 7) is 2.22. The van der Waals surface area contributed by atoms with Crippen LogP contribution in [-0.2, 0) is 6.54 Å². The molecule has 0 aliphatic heterocycles. The highest BCUT2D eigenvalue weighted by Gasteiger charge is 2.18. The molecule has 0 saturated heterocycles. The largest absolute Gasteiger partial charge is 0.494 e. The van der Waals surface area contributed by atoms with Crippen LogP contribution in [0.25, 0.3) is 10.9 Å². The lowest BCUT2D eigenvalue weighted by molar-refractivity contribution is 0.0744. The van der Waals surface area contributed by atoms with Crippen molar-refractivity contribution in [1.82, 2.24) is 15.0 Å². The van der Waals surface area contributed by atoms with Crippen molar-refractivity contribution < 1.29 is 14.1 Å². The van der Waals surface area contributed by atoms with Crippen molar-refractivity contribution in [3.8, 4) is 5.75 Å². The molecule has 1 amide bonds. The number of fused-ring (bicyclic) bond motifs is 1. The predicted molar refractivity (Wildman–Crippen MR) is 85.3 cm³/mol. The van der Waals surface area contributed by atoms with Crippen LogP contribution < -0.4 is 4.74 Å². The molecule has 0 spiro atoms. The van der Waals surface area contributed by atoms with E-state index in [0.717, 1.165) is 16.5 Å². The van der Waals surface area contributed by atoms with Gasteiger partial charge in [0.15, 0.2) is 0 Å². The molecule has 0 aliphatic rings. The van der Waals surface area contributed by atoms with Gasteiger partial charge in [0.05, 0.1) is 12.8 Å². The Morgan fingerprint density at radius 3 is 2.87 bits per heavy atom. The summed E-state index contributed by atoms with van der Waals surface area (Å²) in [5, 5.41) is 4.71. The minimum atomic E-state index is -0.210. The second kappa shape index (κ2) is 6.08. The molecule has 3 aromatic rings. The van der Waals surface area contributed by atoms with Gasteiger partial charge in [-0.2, -0.15) is 0 Å². The standard InChI is InChI=1S/C17H17N3O3/c1-11-9-15(23-19-11)17(21)20(2)10-12-6-7-14(22-3)16-13(12)5-4-8-18-16/h4-9H,10H2,1-3H3. The van der Waals surface area contributed by atoms with Gasteiger partial charge in [-0.15, -0.1) is 0 Å². The maximum atomic E-state index is 12.4. The molecule has 0 bridgehead atoms. The smallest absolute Gasteiger partial charge is 0.292 e. The number of nitrogens with zero attached hydrogens (tertiary/aromatic N) is 3. The monoisotopic (exact) mass is 311 g/mol. The normalized spacial score (nSPS) is 10.7. The Balaban J connectivity index is 1.91. The summed E-state index contributed by atoms with van der Waals surface area (Å²) >= 11 is 0. The first-order valence-corrected chi connectivity index (χ1v) is 7.19. The van der Waals surface area contributed by atoms with Crippen LogP contribution >= 0.6 is 0 Å². The maximum absolute atomic E-state index is 12.4. The molecular formula is C17H17N3O3. The van der Waals surface area contributed by atoms with Gasteiger partial charge >= 0.3 is 0 Å². The second-order valence-corrected chi connectivity index (χ2v) is 5.32. The van der Waals surface area contributed by atoms with Crippen molar-refractivity contribution in [2.45, 2.75) is 13.5 Å². The highest BCUT2D eigenvalue weighted by Crippen LogP contribution is 2.27. The van der Waals surface area contributed by atoms with Crippen LogP contribution in [-0.4, -0.2) is 35.1 Å². The van der Waals surface area contributed by atoms with E-state index in [0.29, 0.717) is 18.0 Å². The van der Waals surface area contributed by atoms with Crippen LogP contribution in [0.15, 0.2) is 41.1 Å². The number of pyridine rings is 1. The van der Waals surface area contributed by atoms with Crippen molar-refractivity contribution in [3.63, 3.8) is 0 Å². The number of ether oxygens (including phenoxy) is 1. The molecular weight excluding hydrogens is 294 g/mol. The van der Waals surface area contributed by atoms with Crippen LogP contribution in [0.4, 0.5) is 0 Å². The summed E-state index contributed by atoms with van der Waals surface area (Å²) in [4.78, 5) is 18.3. The lowest BCUT2D eigenvalue weighted by Gasteiger charge is -2.17. The Hall–Kier alpha value is -2.89. The third kappa shape index (κ3) is 2.88. The number of aryl methyl sites for hydroxylation is 1. The minimum Gasteiger partial charge on any atom is -0.494 e. The van der Waals surface area contributed by atoms with Crippen molar-refractivity contribution in [2.75, 3.05) is 14.2 Å². The predicted octanol–water partition coefficient (Wildman–Crippen LogP) is 2.81. The number of hydrogen-bond acceptors (Lipinski definition) is 5. The first kappa shape index (κ1) is 15.0. The summed E-state index contributed by atoms with van der Waals surface area (Å²) in [5.41, 5.74) is 2.45. The highest BCUT2D eigenvalue weighted by atomic mass is 16.5. The van der Waals surface area contributed by atoms with Gasteiger partial charge in [-0.1, -0.05) is 17.3 Å². The van der Waals surface area contributed by atoms with E-state index in [9.17, 15) is 4.79 Å². The van der Waals surface area contributed by atoms with E-state index in [2.05, 4.69) is 10.1 Å². The van der Waals surface area contributed by atoms with Crippen LogP contribution in [0, 0.1) is 6.92 Å². The first-order valence-electron chi connectivity index (χ1n) is 7.19. The lowest BCUT2D eigenvalue weighted by Crippen LogP contribution is -2.26. The van der Waals surface area contributed by atoms with Gasteiger partial charge < -0.3 is 14.2 Å². The Labute approximate surface area is 133 Å². The summed E-state index contributed by atoms with van der Waals surface area (Å²) < 4.78 is 10.4. The molecule has 0 aliphatic carbocycles. The zero-order valence-electron chi connectivity index (χ0n) is 13.2. The summed E-state index contributed by atoms with van der Waals surface area (Å²) in [6, 6.07) is 9.27. The molecule has 6 heteroatoms. The van der Waals surface area contributed by atoms with Crippen molar-refractivity contribution in [3.05, 3.63) is 53.5 Å². The average Bonchev–Trinajstić information content (AvgIpc) is 3.01. The summed E-state index contributed by atoms with van der Waals surface area (Å²) in [5.74, 6) is 0.739. The quantitative estimate of drug-likeness (QED) is 0.741. The van der Waals surface area contributed by atoms with Gasteiger partial charge in [0, 0.05) is 31.2 Å². The van der Waals surface area contributed by atoms with Crippen LogP contribution in [0.1, 0.15) is 21.8 Å². The first-order chi connectivity index (χ1) is 11.1. The van der Waals surface area contributed by atoms with Crippen molar-refractivity contribution in [2.24, 2.45) is 0 Å². The second-order valence-electron chi connectivity index (χ2n) is 5.32. The molecule has 3 rings (SSSR count). The number of methoxy groups -OCH3 is 1. The number of benzene rings is 1. The number of aromatic nitrogens is 2. The molecule has 0 N–H and O–H groups in total. The third-order valence-corrected chi connectivity index (χ3v) is 3.64. The van der Waals surface area contributed by atoms with Gasteiger partial charge in [0.25, 0.3) is 5.91 Å². The summed E-state index contributed by atoms with van der Waals surface area (Å²) in [6.07, 6.45) is 1.72. The average molecular weight is 311 g/mol. The highest BCUT2D eigenvalue weighted by molar-refractivity contribution is 5.92. The third-order valence-electron chi connectivity index (χ3n) is 3.64. The van der Waals surface area contributed by atoms with Crippen LogP contribution in [0.5, 0.6) is 5.75 Å². The SMILES string of the molecule is COc1ccc(CN(C)C(=O)c2cc(C)no2)c2cccnc12. The maximum Gasteiger partial charge on any atom is 0.292 e. The van der Waals surface area contributed by atoms with E-state index in [1.54, 1.807) is 38.2 Å². The van der Waals surface area contributed by atoms with Crippen molar-refractivity contribution >= 4 is 16.8 Å². The Bertz CT molecular complexity index is 857. The van der Waals surface area contributed by atoms with Gasteiger partial charge in [-0.25, -0.2) is 0 Å². The zero-order chi connectivity index (χ0) is 16.4. The van der Waals surface area contributed by atoms with Gasteiger partial charge in [-0.05, 0) is 24.6 Å². The van der Waals surface area contributed by atoms with Crippen molar-refractivity contribution in [1.29, 1.82) is 0 Å². The fourth-order valence-corrected chi connectivity index (χ4v) is 2.49. The van der Waals surface area contributed by atoms with Crippen LogP contribution in [0.3, 0.4) is 0 Å². The molecule has 6 nitrogen and oxygen atoms in total. The molecule has 0 radical (unpaired) electrons. The molecule has 23 heavy (non-hydrogen) atoms. The fourth-order valence-electron chi connectivity index (χ4n) is 2.49. The summed E-state index contributed by atoms with van der Waals surface area (Å²) in [7, 11) is 3.34. The molecule has 1 aromatic carbocycles. The minimum absolute atomic E-state index is 0.210. The van der Waals surface area contributed by atoms with E-state index in [-0.39, 0.29) is 11.7 Å². The van der Waals surface area contributed by atoms with E-state index in [1.807, 2.05) is 24.3 Å². The molecule has 118 valence electrons. The van der Waals surface area contributed by atoms with E-state index < -0.39 is 0 Å². The van der Waals surface area contributed by atoms with Gasteiger partial charge in [0.2, 0.25) is 5.76 Å². The number of amides is 1. The number of hydrogen-bond donors (Lipinski definition) is 0. The molecule has 2 heterocycles. The fraction of sp³-hybridized carbons (Fsp3) is 0.235.